The molecule has 0 saturated carbocycles. The predicted molar refractivity (Wildman–Crippen MR) is 86.5 cm³/mol. The van der Waals surface area contributed by atoms with Gasteiger partial charge in [0.2, 0.25) is 0 Å². The van der Waals surface area contributed by atoms with Crippen LogP contribution in [-0.2, 0) is 0 Å². The van der Waals surface area contributed by atoms with Crippen molar-refractivity contribution in [3.63, 3.8) is 0 Å². The van der Waals surface area contributed by atoms with Crippen LogP contribution in [-0.4, -0.2) is 33.7 Å². The number of nitrogen functional groups attached to an aromatic ring is 1. The quantitative estimate of drug-likeness (QED) is 0.611. The summed E-state index contributed by atoms with van der Waals surface area (Å²) < 4.78 is 33.4. The van der Waals surface area contributed by atoms with Gasteiger partial charge < -0.3 is 25.7 Å². The van der Waals surface area contributed by atoms with Crippen LogP contribution in [0, 0.1) is 11.6 Å². The van der Waals surface area contributed by atoms with Crippen molar-refractivity contribution in [3.8, 4) is 16.9 Å². The fourth-order valence-electron chi connectivity index (χ4n) is 2.38. The van der Waals surface area contributed by atoms with Gasteiger partial charge in [-0.05, 0) is 24.1 Å². The largest absolute Gasteiger partial charge is 0.488 e. The number of carboxylic acid groups (broad SMARTS) is 2. The molecule has 5 N–H and O–H groups in total. The monoisotopic (exact) mass is 368 g/mol. The minimum atomic E-state index is -1.78. The first-order valence-corrected chi connectivity index (χ1v) is 7.33. The summed E-state index contributed by atoms with van der Waals surface area (Å²) in [6.45, 7) is 1.76. The molecule has 0 aliphatic heterocycles. The Labute approximate surface area is 144 Å². The zero-order valence-corrected chi connectivity index (χ0v) is 13.4. The summed E-state index contributed by atoms with van der Waals surface area (Å²) in [6.07, 6.45) is 0.484. The van der Waals surface area contributed by atoms with Crippen molar-refractivity contribution in [1.82, 2.24) is 4.98 Å². The van der Waals surface area contributed by atoms with Crippen LogP contribution in [0.1, 0.15) is 34.1 Å². The number of nitrogens with two attached hydrogens (primary N) is 1. The average molecular weight is 368 g/mol. The number of ether oxygens (including phenoxy) is 1. The van der Waals surface area contributed by atoms with Gasteiger partial charge in [-0.15, -0.1) is 0 Å². The molecule has 0 atom stereocenters. The molecule has 8 nitrogen and oxygen atoms in total. The Balaban J connectivity index is 2.85. The van der Waals surface area contributed by atoms with Gasteiger partial charge in [0.15, 0.2) is 17.4 Å². The summed E-state index contributed by atoms with van der Waals surface area (Å²) in [5.41, 5.74) is 1.28. The van der Waals surface area contributed by atoms with Crippen molar-refractivity contribution in [3.05, 3.63) is 45.2 Å². The first-order chi connectivity index (χ1) is 12.2. The van der Waals surface area contributed by atoms with E-state index < -0.39 is 63.0 Å². The Hall–Kier alpha value is -3.43. The van der Waals surface area contributed by atoms with Crippen LogP contribution >= 0.6 is 0 Å². The summed E-state index contributed by atoms with van der Waals surface area (Å²) in [6, 6.07) is 1.36. The summed E-state index contributed by atoms with van der Waals surface area (Å²) in [7, 11) is 0. The molecule has 0 aliphatic rings. The van der Waals surface area contributed by atoms with Gasteiger partial charge in [-0.2, -0.15) is 0 Å². The lowest BCUT2D eigenvalue weighted by molar-refractivity contribution is 0.0695. The van der Waals surface area contributed by atoms with Crippen LogP contribution in [0.15, 0.2) is 16.9 Å². The molecule has 1 heterocycles. The minimum Gasteiger partial charge on any atom is -0.488 e. The second-order valence-electron chi connectivity index (χ2n) is 5.22. The number of nitrogens with one attached hydrogen (secondary N) is 1. The van der Waals surface area contributed by atoms with E-state index in [2.05, 4.69) is 0 Å². The fourth-order valence-corrected chi connectivity index (χ4v) is 2.38. The third-order valence-electron chi connectivity index (χ3n) is 3.41. The number of aromatic nitrogens is 1. The number of halogens is 2. The number of hydrogen-bond donors (Lipinski definition) is 4. The Kier molecular flexibility index (Phi) is 5.24. The molecular weight excluding hydrogens is 354 g/mol. The number of aromatic amines is 1. The molecule has 0 radical (unpaired) electrons. The van der Waals surface area contributed by atoms with Gasteiger partial charge in [-0.3, -0.25) is 4.79 Å². The number of H-pyrrole nitrogens is 1. The van der Waals surface area contributed by atoms with Gasteiger partial charge in [0.05, 0.1) is 6.61 Å². The van der Waals surface area contributed by atoms with Crippen LogP contribution < -0.4 is 16.0 Å². The summed E-state index contributed by atoms with van der Waals surface area (Å²) in [4.78, 5) is 36.7. The second kappa shape index (κ2) is 7.21. The highest BCUT2D eigenvalue weighted by atomic mass is 19.1. The highest BCUT2D eigenvalue weighted by Gasteiger charge is 2.28. The second-order valence-corrected chi connectivity index (χ2v) is 5.22. The molecule has 0 unspecified atom stereocenters. The van der Waals surface area contributed by atoms with E-state index in [0.717, 1.165) is 0 Å². The van der Waals surface area contributed by atoms with Crippen LogP contribution in [0.4, 0.5) is 14.6 Å². The maximum Gasteiger partial charge on any atom is 0.342 e. The highest BCUT2D eigenvalue weighted by Crippen LogP contribution is 2.33. The molecule has 0 fully saturated rings. The Bertz CT molecular complexity index is 931. The van der Waals surface area contributed by atoms with Gasteiger partial charge in [-0.25, -0.2) is 18.4 Å². The average Bonchev–Trinajstić information content (AvgIpc) is 2.52. The number of carboxylic acids is 2. The summed E-state index contributed by atoms with van der Waals surface area (Å²) >= 11 is 0. The number of anilines is 1. The van der Waals surface area contributed by atoms with E-state index in [1.165, 1.54) is 0 Å². The van der Waals surface area contributed by atoms with Crippen LogP contribution in [0.2, 0.25) is 0 Å². The van der Waals surface area contributed by atoms with Gasteiger partial charge in [-0.1, -0.05) is 6.92 Å². The van der Waals surface area contributed by atoms with Crippen molar-refractivity contribution in [1.29, 1.82) is 0 Å². The van der Waals surface area contributed by atoms with Crippen LogP contribution in [0.25, 0.3) is 11.1 Å². The normalized spacial score (nSPS) is 10.6. The van der Waals surface area contributed by atoms with E-state index in [0.29, 0.717) is 18.6 Å². The first-order valence-electron chi connectivity index (χ1n) is 7.33. The zero-order chi connectivity index (χ0) is 19.6. The molecule has 138 valence electrons. The van der Waals surface area contributed by atoms with Crippen molar-refractivity contribution in [2.75, 3.05) is 12.3 Å². The Morgan fingerprint density at radius 3 is 2.15 bits per heavy atom. The van der Waals surface area contributed by atoms with Crippen molar-refractivity contribution < 1.29 is 33.3 Å². The lowest BCUT2D eigenvalue weighted by atomic mass is 9.95. The highest BCUT2D eigenvalue weighted by molar-refractivity contribution is 6.07. The molecule has 10 heteroatoms. The van der Waals surface area contributed by atoms with Crippen molar-refractivity contribution >= 4 is 17.8 Å². The number of hydrogen-bond acceptors (Lipinski definition) is 5. The summed E-state index contributed by atoms with van der Waals surface area (Å²) in [5, 5.41) is 18.6. The maximum absolute atomic E-state index is 14.2. The van der Waals surface area contributed by atoms with E-state index in [4.69, 9.17) is 10.5 Å². The van der Waals surface area contributed by atoms with E-state index in [9.17, 15) is 33.4 Å². The molecule has 1 aromatic carbocycles. The van der Waals surface area contributed by atoms with Crippen molar-refractivity contribution in [2.45, 2.75) is 13.3 Å². The molecule has 2 rings (SSSR count). The lowest BCUT2D eigenvalue weighted by Gasteiger charge is -2.14. The molecule has 0 aliphatic carbocycles. The molecule has 0 bridgehead atoms. The third-order valence-corrected chi connectivity index (χ3v) is 3.41. The molecule has 26 heavy (non-hydrogen) atoms. The van der Waals surface area contributed by atoms with E-state index in [1.807, 2.05) is 4.98 Å². The SMILES string of the molecule is CCCOc1c(F)cc(-c2c(C(=O)O)c(N)[nH]c(=O)c2C(=O)O)cc1F. The van der Waals surface area contributed by atoms with E-state index in [-0.39, 0.29) is 6.61 Å². The Morgan fingerprint density at radius 2 is 1.69 bits per heavy atom. The van der Waals surface area contributed by atoms with Gasteiger partial charge in [0, 0.05) is 5.56 Å². The fraction of sp³-hybridized carbons (Fsp3) is 0.188. The molecule has 0 saturated heterocycles. The molecule has 1 aromatic heterocycles. The first kappa shape index (κ1) is 18.9. The topological polar surface area (TPSA) is 143 Å². The standard InChI is InChI=1S/C16H14F2N2O6/c1-2-3-26-12-7(17)4-6(5-8(12)18)9-10(15(22)23)13(19)20-14(21)11(9)16(24)25/h4-5H,2-3H2,1H3,(H,22,23)(H,24,25)(H3,19,20,21). The number of carbonyl (C=O) groups is 2. The maximum atomic E-state index is 14.2. The van der Waals surface area contributed by atoms with E-state index in [1.54, 1.807) is 6.92 Å². The zero-order valence-electron chi connectivity index (χ0n) is 13.4. The number of benzene rings is 1. The molecule has 2 aromatic rings. The van der Waals surface area contributed by atoms with Gasteiger partial charge in [0.1, 0.15) is 16.9 Å². The van der Waals surface area contributed by atoms with Gasteiger partial charge in [0.25, 0.3) is 5.56 Å². The summed E-state index contributed by atoms with van der Waals surface area (Å²) in [5.74, 6) is -7.16. The molecular formula is C16H14F2N2O6. The minimum absolute atomic E-state index is 0.0336. The van der Waals surface area contributed by atoms with E-state index >= 15 is 0 Å². The number of aromatic carboxylic acids is 2. The van der Waals surface area contributed by atoms with Crippen LogP contribution in [0.5, 0.6) is 5.75 Å². The lowest BCUT2D eigenvalue weighted by Crippen LogP contribution is -2.24. The van der Waals surface area contributed by atoms with Gasteiger partial charge >= 0.3 is 11.9 Å². The number of pyridine rings is 1. The molecule has 0 amide bonds. The van der Waals surface area contributed by atoms with Crippen LogP contribution in [0.3, 0.4) is 0 Å². The molecule has 0 spiro atoms. The predicted octanol–water partition coefficient (Wildman–Crippen LogP) is 2.09. The number of rotatable bonds is 6. The Morgan fingerprint density at radius 1 is 1.15 bits per heavy atom. The third kappa shape index (κ3) is 3.34. The smallest absolute Gasteiger partial charge is 0.342 e. The van der Waals surface area contributed by atoms with Crippen molar-refractivity contribution in [2.24, 2.45) is 0 Å².